The predicted octanol–water partition coefficient (Wildman–Crippen LogP) is 7.86. The predicted molar refractivity (Wildman–Crippen MR) is 156 cm³/mol. The second-order valence-corrected chi connectivity index (χ2v) is 10.0. The van der Waals surface area contributed by atoms with Gasteiger partial charge in [-0.05, 0) is 46.5 Å². The molecule has 0 unspecified atom stereocenters. The van der Waals surface area contributed by atoms with Crippen LogP contribution in [0.1, 0.15) is 33.4 Å². The first-order chi connectivity index (χ1) is 22.2. The lowest BCUT2D eigenvalue weighted by molar-refractivity contribution is 0.588. The summed E-state index contributed by atoms with van der Waals surface area (Å²) in [5.41, 5.74) is -2.16. The summed E-state index contributed by atoms with van der Waals surface area (Å²) in [5.74, 6) is -4.36. The van der Waals surface area contributed by atoms with Gasteiger partial charge in [-0.25, -0.2) is 17.6 Å². The Bertz CT molecular complexity index is 2230. The van der Waals surface area contributed by atoms with Crippen molar-refractivity contribution in [3.63, 3.8) is 0 Å². The van der Waals surface area contributed by atoms with Crippen LogP contribution in [0.3, 0.4) is 0 Å². The van der Waals surface area contributed by atoms with Crippen LogP contribution in [0.15, 0.2) is 71.8 Å². The van der Waals surface area contributed by atoms with Crippen molar-refractivity contribution < 1.29 is 17.6 Å². The van der Waals surface area contributed by atoms with Gasteiger partial charge in [0.15, 0.2) is 0 Å². The van der Waals surface area contributed by atoms with Crippen LogP contribution >= 0.6 is 0 Å². The van der Waals surface area contributed by atoms with Gasteiger partial charge in [-0.1, -0.05) is 36.4 Å². The number of allylic oxidation sites excluding steroid dienone is 6. The Morgan fingerprint density at radius 3 is 1.02 bits per heavy atom. The lowest BCUT2D eigenvalue weighted by Gasteiger charge is -2.19. The number of hydrogen-bond acceptors (Lipinski definition) is 6. The van der Waals surface area contributed by atoms with Crippen LogP contribution in [0.5, 0.6) is 0 Å². The van der Waals surface area contributed by atoms with Crippen molar-refractivity contribution in [1.29, 1.82) is 31.6 Å². The maximum atomic E-state index is 15.4. The summed E-state index contributed by atoms with van der Waals surface area (Å²) in [6.07, 6.45) is 0. The van der Waals surface area contributed by atoms with E-state index in [1.165, 1.54) is 36.4 Å². The van der Waals surface area contributed by atoms with Gasteiger partial charge in [0.1, 0.15) is 58.7 Å². The van der Waals surface area contributed by atoms with Crippen molar-refractivity contribution in [2.75, 3.05) is 0 Å². The topological polar surface area (TPSA) is 143 Å². The molecular formula is C36H10F4N6. The minimum atomic E-state index is -1.09. The molecular weight excluding hydrogens is 592 g/mol. The van der Waals surface area contributed by atoms with E-state index in [0.717, 1.165) is 24.3 Å². The molecule has 0 aromatic heterocycles. The fraction of sp³-hybridized carbons (Fsp3) is 0. The minimum absolute atomic E-state index is 0.0487. The number of benzene rings is 4. The first kappa shape index (κ1) is 28.9. The Kier molecular flexibility index (Phi) is 6.77. The third kappa shape index (κ3) is 3.97. The zero-order chi connectivity index (χ0) is 32.9. The first-order valence-electron chi connectivity index (χ1n) is 13.1. The van der Waals surface area contributed by atoms with E-state index in [9.17, 15) is 31.6 Å². The van der Waals surface area contributed by atoms with E-state index in [1.54, 1.807) is 12.1 Å². The maximum absolute atomic E-state index is 15.4. The molecule has 10 heteroatoms. The molecule has 212 valence electrons. The van der Waals surface area contributed by atoms with Gasteiger partial charge in [0.2, 0.25) is 0 Å². The Hall–Kier alpha value is -7.24. The summed E-state index contributed by atoms with van der Waals surface area (Å²) in [5, 5.41) is 58.6. The minimum Gasteiger partial charge on any atom is -0.206 e. The molecule has 0 bridgehead atoms. The zero-order valence-corrected chi connectivity index (χ0v) is 23.0. The van der Waals surface area contributed by atoms with Crippen molar-refractivity contribution in [3.05, 3.63) is 128 Å². The van der Waals surface area contributed by atoms with Crippen LogP contribution in [-0.4, -0.2) is 0 Å². The lowest BCUT2D eigenvalue weighted by Crippen LogP contribution is -2.02. The largest absolute Gasteiger partial charge is 0.206 e. The fourth-order valence-electron chi connectivity index (χ4n) is 6.08. The molecule has 6 rings (SSSR count). The van der Waals surface area contributed by atoms with E-state index < -0.39 is 45.5 Å². The molecule has 0 fully saturated rings. The third-order valence-electron chi connectivity index (χ3n) is 7.75. The van der Waals surface area contributed by atoms with Crippen molar-refractivity contribution >= 4 is 22.3 Å². The van der Waals surface area contributed by atoms with Crippen LogP contribution in [0.25, 0.3) is 44.5 Å². The first-order valence-corrected chi connectivity index (χ1v) is 13.1. The Morgan fingerprint density at radius 2 is 0.739 bits per heavy atom. The molecule has 0 saturated heterocycles. The Labute approximate surface area is 258 Å². The van der Waals surface area contributed by atoms with Crippen LogP contribution in [-0.2, 0) is 0 Å². The van der Waals surface area contributed by atoms with Crippen molar-refractivity contribution in [2.45, 2.75) is 0 Å². The molecule has 0 radical (unpaired) electrons. The number of rotatable bonds is 2. The number of fused-ring (bicyclic) bond motifs is 4. The van der Waals surface area contributed by atoms with Crippen LogP contribution < -0.4 is 0 Å². The molecule has 0 N–H and O–H groups in total. The highest BCUT2D eigenvalue weighted by atomic mass is 19.1. The molecule has 2 aliphatic rings. The fourth-order valence-corrected chi connectivity index (χ4v) is 6.08. The van der Waals surface area contributed by atoms with E-state index in [1.807, 2.05) is 24.3 Å². The monoisotopic (exact) mass is 602 g/mol. The third-order valence-corrected chi connectivity index (χ3v) is 7.75. The molecule has 0 aliphatic heterocycles. The van der Waals surface area contributed by atoms with E-state index in [0.29, 0.717) is 0 Å². The van der Waals surface area contributed by atoms with Crippen molar-refractivity contribution in [3.8, 4) is 58.7 Å². The summed E-state index contributed by atoms with van der Waals surface area (Å²) in [6.45, 7) is 0. The normalized spacial score (nSPS) is 12.0. The summed E-state index contributed by atoms with van der Waals surface area (Å²) < 4.78 is 61.7. The number of nitrogens with zero attached hydrogens (tertiary/aromatic N) is 6. The van der Waals surface area contributed by atoms with Gasteiger partial charge < -0.3 is 0 Å². The smallest absolute Gasteiger partial charge is 0.138 e. The highest BCUT2D eigenvalue weighted by Crippen LogP contribution is 2.62. The summed E-state index contributed by atoms with van der Waals surface area (Å²) in [6, 6.07) is 22.6. The molecule has 0 amide bonds. The van der Waals surface area contributed by atoms with E-state index in [4.69, 9.17) is 0 Å². The average Bonchev–Trinajstić information content (AvgIpc) is 3.56. The van der Waals surface area contributed by atoms with Gasteiger partial charge >= 0.3 is 0 Å². The van der Waals surface area contributed by atoms with Crippen LogP contribution in [0.2, 0.25) is 0 Å². The van der Waals surface area contributed by atoms with Gasteiger partial charge in [0.25, 0.3) is 0 Å². The Balaban J connectivity index is 1.78. The average molecular weight is 603 g/mol. The molecule has 6 nitrogen and oxygen atoms in total. The van der Waals surface area contributed by atoms with Gasteiger partial charge in [0, 0.05) is 33.4 Å². The highest BCUT2D eigenvalue weighted by molar-refractivity contribution is 6.39. The van der Waals surface area contributed by atoms with Crippen LogP contribution in [0.4, 0.5) is 17.6 Å². The van der Waals surface area contributed by atoms with Gasteiger partial charge in [-0.15, -0.1) is 0 Å². The molecule has 46 heavy (non-hydrogen) atoms. The Morgan fingerprint density at radius 1 is 0.435 bits per heavy atom. The van der Waals surface area contributed by atoms with Gasteiger partial charge in [0.05, 0.1) is 34.4 Å². The molecule has 4 aromatic carbocycles. The quantitative estimate of drug-likeness (QED) is 0.169. The molecule has 0 spiro atoms. The number of halogens is 4. The second kappa shape index (κ2) is 10.8. The van der Waals surface area contributed by atoms with Gasteiger partial charge in [-0.2, -0.15) is 31.6 Å². The summed E-state index contributed by atoms with van der Waals surface area (Å²) in [4.78, 5) is 0. The number of hydrogen-bond donors (Lipinski definition) is 0. The summed E-state index contributed by atoms with van der Waals surface area (Å²) >= 11 is 0. The van der Waals surface area contributed by atoms with Gasteiger partial charge in [-0.3, -0.25) is 0 Å². The molecule has 2 aliphatic carbocycles. The van der Waals surface area contributed by atoms with E-state index >= 15 is 17.6 Å². The molecule has 0 heterocycles. The number of nitriles is 6. The standard InChI is InChI=1S/C36H10F4N6/c37-25-7-17(11-41)8-26(38)33(25)21-3-1-5-23-31(21)29(19(13-43)14-44)36-24-6-2-4-22(32(24)30(35(23)36)20(15-45)16-46)34-27(39)9-18(12-42)10-28(34)40/h1-10H. The highest BCUT2D eigenvalue weighted by Gasteiger charge is 2.43. The second-order valence-electron chi connectivity index (χ2n) is 10.0. The summed E-state index contributed by atoms with van der Waals surface area (Å²) in [7, 11) is 0. The van der Waals surface area contributed by atoms with Crippen molar-refractivity contribution in [2.24, 2.45) is 0 Å². The maximum Gasteiger partial charge on any atom is 0.138 e. The van der Waals surface area contributed by atoms with E-state index in [-0.39, 0.29) is 66.8 Å². The lowest BCUT2D eigenvalue weighted by atomic mass is 9.83. The van der Waals surface area contributed by atoms with Crippen LogP contribution in [0, 0.1) is 91.3 Å². The molecule has 4 aromatic rings. The van der Waals surface area contributed by atoms with E-state index in [2.05, 4.69) is 0 Å². The molecule has 0 atom stereocenters. The SMILES string of the molecule is N#CC(C#N)=C1C2=C(C(=C(C#N)C#N)c3c2cccc3-c2c(F)cc(C#N)cc2F)c2cccc(-c3c(F)cc(C#N)cc3F)c21. The molecule has 0 saturated carbocycles. The van der Waals surface area contributed by atoms with Crippen molar-refractivity contribution in [1.82, 2.24) is 0 Å². The zero-order valence-electron chi connectivity index (χ0n) is 23.0.